The van der Waals surface area contributed by atoms with E-state index in [0.29, 0.717) is 11.3 Å². The van der Waals surface area contributed by atoms with Crippen LogP contribution in [0.4, 0.5) is 23.2 Å². The predicted octanol–water partition coefficient (Wildman–Crippen LogP) is 3.66. The van der Waals surface area contributed by atoms with Crippen LogP contribution in [0.1, 0.15) is 22.3 Å². The van der Waals surface area contributed by atoms with E-state index in [1.54, 1.807) is 24.3 Å². The van der Waals surface area contributed by atoms with Crippen LogP contribution in [-0.2, 0) is 16.1 Å². The second-order valence-electron chi connectivity index (χ2n) is 5.86. The van der Waals surface area contributed by atoms with E-state index in [2.05, 4.69) is 15.4 Å². The van der Waals surface area contributed by atoms with Gasteiger partial charge >= 0.3 is 6.18 Å². The van der Waals surface area contributed by atoms with Crippen molar-refractivity contribution in [2.75, 3.05) is 18.5 Å². The molecule has 5 nitrogen and oxygen atoms in total. The van der Waals surface area contributed by atoms with E-state index in [9.17, 15) is 27.2 Å². The van der Waals surface area contributed by atoms with Crippen LogP contribution in [0.15, 0.2) is 48.5 Å². The van der Waals surface area contributed by atoms with E-state index in [1.807, 2.05) is 0 Å². The molecule has 0 spiro atoms. The fraction of sp³-hybridized carbons (Fsp3) is 0.263. The molecule has 2 rings (SSSR count). The first-order valence-corrected chi connectivity index (χ1v) is 8.30. The SMILES string of the molecule is O=C(CCOCC(F)(F)F)NCc1cccc(NC(=O)c2cccc(F)c2)c1. The van der Waals surface area contributed by atoms with Crippen LogP contribution < -0.4 is 10.6 Å². The summed E-state index contributed by atoms with van der Waals surface area (Å²) in [5.74, 6) is -1.47. The third-order valence-corrected chi connectivity index (χ3v) is 3.50. The summed E-state index contributed by atoms with van der Waals surface area (Å²) < 4.78 is 53.4. The van der Waals surface area contributed by atoms with Crippen molar-refractivity contribution in [3.63, 3.8) is 0 Å². The quantitative estimate of drug-likeness (QED) is 0.527. The number of rotatable bonds is 8. The zero-order chi connectivity index (χ0) is 20.6. The van der Waals surface area contributed by atoms with E-state index in [4.69, 9.17) is 0 Å². The standard InChI is InChI=1S/C19H18F4N2O3/c20-15-5-2-4-14(10-15)18(27)25-16-6-1-3-13(9-16)11-24-17(26)7-8-28-12-19(21,22)23/h1-6,9-10H,7-8,11-12H2,(H,24,26)(H,25,27). The van der Waals surface area contributed by atoms with Crippen molar-refractivity contribution in [3.8, 4) is 0 Å². The molecule has 0 aliphatic carbocycles. The highest BCUT2D eigenvalue weighted by Crippen LogP contribution is 2.15. The van der Waals surface area contributed by atoms with Crippen molar-refractivity contribution in [1.82, 2.24) is 5.32 Å². The molecule has 0 heterocycles. The molecule has 0 aliphatic heterocycles. The number of carbonyl (C=O) groups is 2. The van der Waals surface area contributed by atoms with E-state index in [-0.39, 0.29) is 25.1 Å². The van der Waals surface area contributed by atoms with Crippen LogP contribution in [0.5, 0.6) is 0 Å². The number of alkyl halides is 3. The van der Waals surface area contributed by atoms with E-state index >= 15 is 0 Å². The minimum atomic E-state index is -4.42. The molecule has 0 atom stereocenters. The van der Waals surface area contributed by atoms with Gasteiger partial charge in [-0.1, -0.05) is 18.2 Å². The maximum atomic E-state index is 13.2. The first-order chi connectivity index (χ1) is 13.2. The fourth-order valence-corrected chi connectivity index (χ4v) is 2.23. The molecule has 9 heteroatoms. The molecule has 0 bridgehead atoms. The van der Waals surface area contributed by atoms with E-state index in [1.165, 1.54) is 18.2 Å². The lowest BCUT2D eigenvalue weighted by molar-refractivity contribution is -0.174. The van der Waals surface area contributed by atoms with Crippen molar-refractivity contribution in [1.29, 1.82) is 0 Å². The molecule has 0 saturated carbocycles. The first-order valence-electron chi connectivity index (χ1n) is 8.30. The topological polar surface area (TPSA) is 67.4 Å². The van der Waals surface area contributed by atoms with Crippen molar-refractivity contribution in [3.05, 3.63) is 65.5 Å². The molecule has 150 valence electrons. The van der Waals surface area contributed by atoms with Gasteiger partial charge in [-0.05, 0) is 35.9 Å². The Kier molecular flexibility index (Phi) is 7.51. The van der Waals surface area contributed by atoms with Gasteiger partial charge in [-0.25, -0.2) is 4.39 Å². The molecule has 0 fully saturated rings. The van der Waals surface area contributed by atoms with Crippen molar-refractivity contribution >= 4 is 17.5 Å². The summed E-state index contributed by atoms with van der Waals surface area (Å²) in [4.78, 5) is 23.8. The minimum absolute atomic E-state index is 0.127. The maximum Gasteiger partial charge on any atom is 0.411 e. The molecule has 0 saturated heterocycles. The molecule has 28 heavy (non-hydrogen) atoms. The Bertz CT molecular complexity index is 825. The average molecular weight is 398 g/mol. The number of carbonyl (C=O) groups excluding carboxylic acids is 2. The van der Waals surface area contributed by atoms with Crippen LogP contribution in [0.2, 0.25) is 0 Å². The Morgan fingerprint density at radius 3 is 2.50 bits per heavy atom. The van der Waals surface area contributed by atoms with Gasteiger partial charge in [-0.15, -0.1) is 0 Å². The second-order valence-corrected chi connectivity index (χ2v) is 5.86. The highest BCUT2D eigenvalue weighted by Gasteiger charge is 2.27. The molecular formula is C19H18F4N2O3. The first kappa shape index (κ1) is 21.4. The monoisotopic (exact) mass is 398 g/mol. The lowest BCUT2D eigenvalue weighted by atomic mass is 10.1. The number of benzene rings is 2. The second kappa shape index (κ2) is 9.84. The summed E-state index contributed by atoms with van der Waals surface area (Å²) >= 11 is 0. The number of nitrogens with one attached hydrogen (secondary N) is 2. The highest BCUT2D eigenvalue weighted by atomic mass is 19.4. The van der Waals surface area contributed by atoms with Gasteiger partial charge in [-0.2, -0.15) is 13.2 Å². The molecule has 2 aromatic carbocycles. The molecule has 0 aromatic heterocycles. The molecule has 0 aliphatic rings. The molecule has 0 unspecified atom stereocenters. The van der Waals surface area contributed by atoms with Crippen molar-refractivity contribution in [2.24, 2.45) is 0 Å². The molecule has 2 amide bonds. The van der Waals surface area contributed by atoms with E-state index in [0.717, 1.165) is 6.07 Å². The Labute approximate surface area is 158 Å². The number of ether oxygens (including phenoxy) is 1. The van der Waals surface area contributed by atoms with Crippen molar-refractivity contribution in [2.45, 2.75) is 19.1 Å². The smallest absolute Gasteiger partial charge is 0.372 e. The zero-order valence-electron chi connectivity index (χ0n) is 14.7. The van der Waals surface area contributed by atoms with Crippen LogP contribution in [-0.4, -0.2) is 31.2 Å². The third-order valence-electron chi connectivity index (χ3n) is 3.50. The lowest BCUT2D eigenvalue weighted by Crippen LogP contribution is -2.25. The summed E-state index contributed by atoms with van der Waals surface area (Å²) in [5, 5.41) is 5.18. The minimum Gasteiger partial charge on any atom is -0.372 e. The van der Waals surface area contributed by atoms with Gasteiger partial charge < -0.3 is 15.4 Å². The van der Waals surface area contributed by atoms with Gasteiger partial charge in [0.15, 0.2) is 0 Å². The van der Waals surface area contributed by atoms with Gasteiger partial charge in [0.1, 0.15) is 12.4 Å². The van der Waals surface area contributed by atoms with Gasteiger partial charge in [0, 0.05) is 24.2 Å². The number of amides is 2. The summed E-state index contributed by atoms with van der Waals surface area (Å²) in [6.45, 7) is -1.61. The average Bonchev–Trinajstić information content (AvgIpc) is 2.63. The van der Waals surface area contributed by atoms with E-state index < -0.39 is 30.4 Å². The lowest BCUT2D eigenvalue weighted by Gasteiger charge is -2.10. The molecule has 2 aromatic rings. The maximum absolute atomic E-state index is 13.2. The Hall–Kier alpha value is -2.94. The number of hydrogen-bond acceptors (Lipinski definition) is 3. The van der Waals surface area contributed by atoms with Crippen LogP contribution >= 0.6 is 0 Å². The van der Waals surface area contributed by atoms with Gasteiger partial charge in [0.25, 0.3) is 5.91 Å². The largest absolute Gasteiger partial charge is 0.411 e. The Morgan fingerprint density at radius 2 is 1.79 bits per heavy atom. The normalized spacial score (nSPS) is 11.1. The van der Waals surface area contributed by atoms with Crippen LogP contribution in [0.25, 0.3) is 0 Å². The van der Waals surface area contributed by atoms with Crippen LogP contribution in [0.3, 0.4) is 0 Å². The van der Waals surface area contributed by atoms with Crippen LogP contribution in [0, 0.1) is 5.82 Å². The summed E-state index contributed by atoms with van der Waals surface area (Å²) in [6.07, 6.45) is -4.63. The zero-order valence-corrected chi connectivity index (χ0v) is 14.7. The van der Waals surface area contributed by atoms with Gasteiger partial charge in [-0.3, -0.25) is 9.59 Å². The van der Waals surface area contributed by atoms with Crippen molar-refractivity contribution < 1.29 is 31.9 Å². The fourth-order valence-electron chi connectivity index (χ4n) is 2.23. The Balaban J connectivity index is 1.81. The summed E-state index contributed by atoms with van der Waals surface area (Å²) in [7, 11) is 0. The van der Waals surface area contributed by atoms with Gasteiger partial charge in [0.05, 0.1) is 6.61 Å². The van der Waals surface area contributed by atoms with Gasteiger partial charge in [0.2, 0.25) is 5.91 Å². The number of hydrogen-bond donors (Lipinski definition) is 2. The third kappa shape index (κ3) is 7.75. The predicted molar refractivity (Wildman–Crippen MR) is 94.1 cm³/mol. The molecule has 0 radical (unpaired) electrons. The number of anilines is 1. The number of halogens is 4. The molecular weight excluding hydrogens is 380 g/mol. The summed E-state index contributed by atoms with van der Waals surface area (Å²) in [6, 6.07) is 11.9. The molecule has 2 N–H and O–H groups in total. The Morgan fingerprint density at radius 1 is 1.04 bits per heavy atom. The summed E-state index contributed by atoms with van der Waals surface area (Å²) in [5.41, 5.74) is 1.29. The highest BCUT2D eigenvalue weighted by molar-refractivity contribution is 6.04.